The zero-order chi connectivity index (χ0) is 22.3. The van der Waals surface area contributed by atoms with Gasteiger partial charge in [0.2, 0.25) is 5.91 Å². The highest BCUT2D eigenvalue weighted by Crippen LogP contribution is 2.30. The van der Waals surface area contributed by atoms with Crippen molar-refractivity contribution in [3.8, 4) is 0 Å². The molecule has 1 aliphatic rings. The molecule has 0 spiro atoms. The number of pyridine rings is 1. The Kier molecular flexibility index (Phi) is 7.50. The third kappa shape index (κ3) is 5.34. The van der Waals surface area contributed by atoms with Gasteiger partial charge < -0.3 is 19.9 Å². The zero-order valence-corrected chi connectivity index (χ0v) is 18.8. The number of nitrogens with two attached hydrogens (primary N) is 1. The minimum atomic E-state index is -0.191. The molecule has 1 saturated heterocycles. The molecule has 0 radical (unpaired) electrons. The average Bonchev–Trinajstić information content (AvgIpc) is 3.18. The molecular formula is C25H33N5O2. The molecule has 3 heterocycles. The number of carbonyl (C=O) groups excluding carboxylic acids is 1. The molecule has 2 aromatic heterocycles. The van der Waals surface area contributed by atoms with Crippen LogP contribution in [0, 0.1) is 0 Å². The number of imidazole rings is 1. The van der Waals surface area contributed by atoms with E-state index in [0.29, 0.717) is 19.4 Å². The molecule has 7 nitrogen and oxygen atoms in total. The van der Waals surface area contributed by atoms with Gasteiger partial charge in [-0.3, -0.25) is 9.78 Å². The van der Waals surface area contributed by atoms with Crippen LogP contribution in [0.1, 0.15) is 43.0 Å². The molecule has 1 fully saturated rings. The Labute approximate surface area is 189 Å². The molecule has 1 amide bonds. The van der Waals surface area contributed by atoms with Crippen LogP contribution in [0.4, 0.5) is 0 Å². The second-order valence-corrected chi connectivity index (χ2v) is 8.66. The first kappa shape index (κ1) is 22.4. The van der Waals surface area contributed by atoms with Gasteiger partial charge in [-0.05, 0) is 55.5 Å². The number of piperidine rings is 1. The summed E-state index contributed by atoms with van der Waals surface area (Å²) < 4.78 is 7.59. The fourth-order valence-corrected chi connectivity index (χ4v) is 4.67. The minimum absolute atomic E-state index is 0.137. The summed E-state index contributed by atoms with van der Waals surface area (Å²) in [6.45, 7) is 3.08. The molecule has 2 atom stereocenters. The Morgan fingerprint density at radius 1 is 1.25 bits per heavy atom. The lowest BCUT2D eigenvalue weighted by atomic mass is 9.96. The van der Waals surface area contributed by atoms with Gasteiger partial charge in [0.1, 0.15) is 5.82 Å². The van der Waals surface area contributed by atoms with Crippen LogP contribution >= 0.6 is 0 Å². The van der Waals surface area contributed by atoms with E-state index >= 15 is 0 Å². The van der Waals surface area contributed by atoms with E-state index in [1.54, 1.807) is 19.5 Å². The van der Waals surface area contributed by atoms with E-state index in [9.17, 15) is 4.79 Å². The smallest absolute Gasteiger partial charge is 0.224 e. The van der Waals surface area contributed by atoms with E-state index in [1.165, 1.54) is 0 Å². The maximum Gasteiger partial charge on any atom is 0.224 e. The van der Waals surface area contributed by atoms with E-state index in [1.807, 2.05) is 23.1 Å². The molecule has 7 heteroatoms. The molecule has 32 heavy (non-hydrogen) atoms. The number of hydrogen-bond donors (Lipinski definition) is 1. The Morgan fingerprint density at radius 3 is 2.88 bits per heavy atom. The molecule has 0 aliphatic carbocycles. The summed E-state index contributed by atoms with van der Waals surface area (Å²) in [5.74, 6) is 1.46. The lowest BCUT2D eigenvalue weighted by Gasteiger charge is -2.33. The summed E-state index contributed by atoms with van der Waals surface area (Å²) in [4.78, 5) is 24.0. The number of amides is 1. The number of rotatable bonds is 9. The number of ether oxygens (including phenoxy) is 1. The Balaban J connectivity index is 1.44. The number of carbonyl (C=O) groups is 1. The van der Waals surface area contributed by atoms with Crippen molar-refractivity contribution in [1.82, 2.24) is 19.4 Å². The van der Waals surface area contributed by atoms with Crippen molar-refractivity contribution in [2.24, 2.45) is 5.73 Å². The summed E-state index contributed by atoms with van der Waals surface area (Å²) in [5.41, 5.74) is 9.59. The van der Waals surface area contributed by atoms with E-state index < -0.39 is 0 Å². The van der Waals surface area contributed by atoms with Crippen LogP contribution in [-0.2, 0) is 22.5 Å². The molecule has 2 N–H and O–H groups in total. The second-order valence-electron chi connectivity index (χ2n) is 8.66. The van der Waals surface area contributed by atoms with E-state index in [4.69, 9.17) is 15.5 Å². The number of aromatic nitrogens is 3. The van der Waals surface area contributed by atoms with Crippen LogP contribution in [0.3, 0.4) is 0 Å². The van der Waals surface area contributed by atoms with Gasteiger partial charge in [-0.25, -0.2) is 4.98 Å². The summed E-state index contributed by atoms with van der Waals surface area (Å²) in [5, 5.41) is 0. The molecule has 2 unspecified atom stereocenters. The maximum absolute atomic E-state index is 13.0. The van der Waals surface area contributed by atoms with E-state index in [0.717, 1.165) is 61.4 Å². The first-order valence-electron chi connectivity index (χ1n) is 11.5. The van der Waals surface area contributed by atoms with Gasteiger partial charge in [0.25, 0.3) is 0 Å². The third-order valence-corrected chi connectivity index (χ3v) is 6.24. The second kappa shape index (κ2) is 10.7. The number of benzene rings is 1. The van der Waals surface area contributed by atoms with Crippen molar-refractivity contribution in [2.45, 2.75) is 50.6 Å². The molecule has 4 rings (SSSR count). The molecule has 3 aromatic rings. The van der Waals surface area contributed by atoms with Crippen LogP contribution in [0.25, 0.3) is 11.0 Å². The number of fused-ring (bicyclic) bond motifs is 1. The van der Waals surface area contributed by atoms with Crippen molar-refractivity contribution in [3.63, 3.8) is 0 Å². The Morgan fingerprint density at radius 2 is 2.06 bits per heavy atom. The highest BCUT2D eigenvalue weighted by Gasteiger charge is 2.29. The first-order valence-corrected chi connectivity index (χ1v) is 11.5. The van der Waals surface area contributed by atoms with Gasteiger partial charge in [-0.15, -0.1) is 0 Å². The predicted octanol–water partition coefficient (Wildman–Crippen LogP) is 3.13. The number of aryl methyl sites for hydroxylation is 1. The van der Waals surface area contributed by atoms with Gasteiger partial charge in [0.15, 0.2) is 0 Å². The lowest BCUT2D eigenvalue weighted by molar-refractivity contribution is -0.132. The SMILES string of the molecule is COCCCn1c(C2CCCN(C(=O)CC(N)Cc3ccncc3)C2)nc2ccccc21. The van der Waals surface area contributed by atoms with Gasteiger partial charge in [0, 0.05) is 64.1 Å². The summed E-state index contributed by atoms with van der Waals surface area (Å²) in [6.07, 6.45) is 7.52. The topological polar surface area (TPSA) is 86.3 Å². The summed E-state index contributed by atoms with van der Waals surface area (Å²) >= 11 is 0. The quantitative estimate of drug-likeness (QED) is 0.522. The normalized spacial score (nSPS) is 17.6. The van der Waals surface area contributed by atoms with Crippen LogP contribution in [-0.4, -0.2) is 58.2 Å². The largest absolute Gasteiger partial charge is 0.385 e. The van der Waals surface area contributed by atoms with Crippen molar-refractivity contribution in [3.05, 3.63) is 60.2 Å². The molecule has 0 saturated carbocycles. The van der Waals surface area contributed by atoms with Crippen LogP contribution in [0.5, 0.6) is 0 Å². The molecule has 1 aromatic carbocycles. The predicted molar refractivity (Wildman–Crippen MR) is 125 cm³/mol. The first-order chi connectivity index (χ1) is 15.7. The van der Waals surface area contributed by atoms with Crippen molar-refractivity contribution < 1.29 is 9.53 Å². The fourth-order valence-electron chi connectivity index (χ4n) is 4.67. The molecule has 1 aliphatic heterocycles. The van der Waals surface area contributed by atoms with E-state index in [2.05, 4.69) is 27.8 Å². The number of methoxy groups -OCH3 is 1. The number of nitrogens with zero attached hydrogens (tertiary/aromatic N) is 4. The Bertz CT molecular complexity index is 1020. The highest BCUT2D eigenvalue weighted by atomic mass is 16.5. The van der Waals surface area contributed by atoms with Crippen LogP contribution in [0.2, 0.25) is 0 Å². The zero-order valence-electron chi connectivity index (χ0n) is 18.8. The van der Waals surface area contributed by atoms with Crippen molar-refractivity contribution in [2.75, 3.05) is 26.8 Å². The van der Waals surface area contributed by atoms with Gasteiger partial charge in [-0.1, -0.05) is 12.1 Å². The summed E-state index contributed by atoms with van der Waals surface area (Å²) in [7, 11) is 1.73. The third-order valence-electron chi connectivity index (χ3n) is 6.24. The fraction of sp³-hybridized carbons (Fsp3) is 0.480. The number of hydrogen-bond acceptors (Lipinski definition) is 5. The Hall–Kier alpha value is -2.77. The molecule has 0 bridgehead atoms. The standard InChI is InChI=1S/C25H33N5O2/c1-32-15-5-14-30-23-8-3-2-7-22(23)28-25(30)20-6-4-13-29(18-20)24(31)17-21(26)16-19-9-11-27-12-10-19/h2-3,7-12,20-21H,4-6,13-18,26H2,1H3. The molecule has 170 valence electrons. The summed E-state index contributed by atoms with van der Waals surface area (Å²) in [6, 6.07) is 12.0. The monoisotopic (exact) mass is 435 g/mol. The van der Waals surface area contributed by atoms with E-state index in [-0.39, 0.29) is 17.9 Å². The van der Waals surface area contributed by atoms with Crippen LogP contribution < -0.4 is 5.73 Å². The average molecular weight is 436 g/mol. The van der Waals surface area contributed by atoms with Gasteiger partial charge >= 0.3 is 0 Å². The van der Waals surface area contributed by atoms with Crippen molar-refractivity contribution in [1.29, 1.82) is 0 Å². The minimum Gasteiger partial charge on any atom is -0.385 e. The van der Waals surface area contributed by atoms with Crippen LogP contribution in [0.15, 0.2) is 48.8 Å². The highest BCUT2D eigenvalue weighted by molar-refractivity contribution is 5.77. The van der Waals surface area contributed by atoms with Gasteiger partial charge in [-0.2, -0.15) is 0 Å². The number of likely N-dealkylation sites (tertiary alicyclic amines) is 1. The lowest BCUT2D eigenvalue weighted by Crippen LogP contribution is -2.42. The molecular weight excluding hydrogens is 402 g/mol. The maximum atomic E-state index is 13.0. The van der Waals surface area contributed by atoms with Gasteiger partial charge in [0.05, 0.1) is 11.0 Å². The number of para-hydroxylation sites is 2. The van der Waals surface area contributed by atoms with Crippen molar-refractivity contribution >= 4 is 16.9 Å².